The van der Waals surface area contributed by atoms with Crippen molar-refractivity contribution in [3.63, 3.8) is 0 Å². The van der Waals surface area contributed by atoms with Gasteiger partial charge in [-0.05, 0) is 37.0 Å². The molecular weight excluding hydrogens is 302 g/mol. The standard InChI is InChI=1S/C15H19F4NO2/c16-12-7-6-10(22-15(17,18)19)8-11(12)13(20)14(21)9-4-2-1-3-5-9/h6-9,13-14,21H,1-5,20H2/t13-,14+/m1/s1. The quantitative estimate of drug-likeness (QED) is 0.832. The molecule has 124 valence electrons. The number of ether oxygens (including phenoxy) is 1. The van der Waals surface area contributed by atoms with Crippen LogP contribution in [0.15, 0.2) is 18.2 Å². The van der Waals surface area contributed by atoms with E-state index in [9.17, 15) is 22.7 Å². The highest BCUT2D eigenvalue weighted by atomic mass is 19.4. The summed E-state index contributed by atoms with van der Waals surface area (Å²) in [5.74, 6) is -1.36. The lowest BCUT2D eigenvalue weighted by atomic mass is 9.81. The number of benzene rings is 1. The zero-order valence-corrected chi connectivity index (χ0v) is 11.9. The third kappa shape index (κ3) is 4.33. The van der Waals surface area contributed by atoms with Crippen LogP contribution in [0.3, 0.4) is 0 Å². The molecule has 0 amide bonds. The summed E-state index contributed by atoms with van der Waals surface area (Å²) >= 11 is 0. The molecule has 0 heterocycles. The summed E-state index contributed by atoms with van der Waals surface area (Å²) in [7, 11) is 0. The first-order chi connectivity index (χ1) is 10.3. The maximum Gasteiger partial charge on any atom is 0.573 e. The first-order valence-electron chi connectivity index (χ1n) is 7.27. The van der Waals surface area contributed by atoms with Crippen LogP contribution in [0.25, 0.3) is 0 Å². The minimum atomic E-state index is -4.86. The molecule has 1 aromatic carbocycles. The monoisotopic (exact) mass is 321 g/mol. The summed E-state index contributed by atoms with van der Waals surface area (Å²) in [6.07, 6.45) is -1.26. The highest BCUT2D eigenvalue weighted by molar-refractivity contribution is 5.32. The van der Waals surface area contributed by atoms with E-state index in [2.05, 4.69) is 4.74 Å². The summed E-state index contributed by atoms with van der Waals surface area (Å²) in [4.78, 5) is 0. The number of aliphatic hydroxyl groups is 1. The molecule has 1 aliphatic rings. The Hall–Kier alpha value is -1.34. The zero-order valence-electron chi connectivity index (χ0n) is 11.9. The molecule has 7 heteroatoms. The van der Waals surface area contributed by atoms with Crippen molar-refractivity contribution in [2.45, 2.75) is 50.6 Å². The van der Waals surface area contributed by atoms with Gasteiger partial charge in [0.25, 0.3) is 0 Å². The number of alkyl halides is 3. The van der Waals surface area contributed by atoms with E-state index in [0.29, 0.717) is 0 Å². The van der Waals surface area contributed by atoms with Gasteiger partial charge >= 0.3 is 6.36 Å². The van der Waals surface area contributed by atoms with Crippen LogP contribution in [-0.4, -0.2) is 17.6 Å². The van der Waals surface area contributed by atoms with Crippen LogP contribution in [-0.2, 0) is 0 Å². The molecule has 0 aromatic heterocycles. The lowest BCUT2D eigenvalue weighted by molar-refractivity contribution is -0.274. The van der Waals surface area contributed by atoms with E-state index >= 15 is 0 Å². The van der Waals surface area contributed by atoms with E-state index in [-0.39, 0.29) is 11.5 Å². The van der Waals surface area contributed by atoms with Gasteiger partial charge in [-0.1, -0.05) is 19.3 Å². The van der Waals surface area contributed by atoms with Gasteiger partial charge in [0.1, 0.15) is 11.6 Å². The van der Waals surface area contributed by atoms with Crippen LogP contribution in [0.2, 0.25) is 0 Å². The second-order valence-corrected chi connectivity index (χ2v) is 5.65. The fourth-order valence-corrected chi connectivity index (χ4v) is 2.93. The Balaban J connectivity index is 2.16. The molecule has 2 rings (SSSR count). The average molecular weight is 321 g/mol. The fraction of sp³-hybridized carbons (Fsp3) is 0.600. The fourth-order valence-electron chi connectivity index (χ4n) is 2.93. The van der Waals surface area contributed by atoms with Gasteiger partial charge in [0.15, 0.2) is 0 Å². The van der Waals surface area contributed by atoms with Crippen molar-refractivity contribution in [3.8, 4) is 5.75 Å². The predicted molar refractivity (Wildman–Crippen MR) is 72.6 cm³/mol. The Morgan fingerprint density at radius 3 is 2.41 bits per heavy atom. The molecular formula is C15H19F4NO2. The van der Waals surface area contributed by atoms with Crippen LogP contribution < -0.4 is 10.5 Å². The van der Waals surface area contributed by atoms with Crippen LogP contribution in [0.4, 0.5) is 17.6 Å². The molecule has 1 aliphatic carbocycles. The summed E-state index contributed by atoms with van der Waals surface area (Å²) < 4.78 is 54.3. The Kier molecular flexibility index (Phi) is 5.28. The van der Waals surface area contributed by atoms with Crippen molar-refractivity contribution in [1.29, 1.82) is 0 Å². The van der Waals surface area contributed by atoms with Gasteiger partial charge in [0.2, 0.25) is 0 Å². The van der Waals surface area contributed by atoms with Crippen LogP contribution >= 0.6 is 0 Å². The maximum absolute atomic E-state index is 13.9. The number of hydrogen-bond donors (Lipinski definition) is 2. The summed E-state index contributed by atoms with van der Waals surface area (Å²) in [5, 5.41) is 10.3. The number of halogens is 4. The van der Waals surface area contributed by atoms with E-state index in [1.54, 1.807) is 0 Å². The van der Waals surface area contributed by atoms with E-state index in [1.807, 2.05) is 0 Å². The molecule has 1 fully saturated rings. The third-order valence-electron chi connectivity index (χ3n) is 4.06. The van der Waals surface area contributed by atoms with Crippen molar-refractivity contribution < 1.29 is 27.4 Å². The van der Waals surface area contributed by atoms with Crippen molar-refractivity contribution in [3.05, 3.63) is 29.6 Å². The van der Waals surface area contributed by atoms with E-state index in [0.717, 1.165) is 50.3 Å². The van der Waals surface area contributed by atoms with Crippen LogP contribution in [0.1, 0.15) is 43.7 Å². The predicted octanol–water partition coefficient (Wildman–Crippen LogP) is 3.67. The molecule has 3 nitrogen and oxygen atoms in total. The average Bonchev–Trinajstić information content (AvgIpc) is 2.47. The summed E-state index contributed by atoms with van der Waals surface area (Å²) in [5.41, 5.74) is 5.71. The first kappa shape index (κ1) is 17.0. The zero-order chi connectivity index (χ0) is 16.3. The van der Waals surface area contributed by atoms with E-state index in [1.165, 1.54) is 0 Å². The molecule has 0 aliphatic heterocycles. The Morgan fingerprint density at radius 1 is 1.18 bits per heavy atom. The topological polar surface area (TPSA) is 55.5 Å². The van der Waals surface area contributed by atoms with Gasteiger partial charge in [-0.3, -0.25) is 0 Å². The molecule has 1 aromatic rings. The Bertz CT molecular complexity index is 501. The second-order valence-electron chi connectivity index (χ2n) is 5.65. The maximum atomic E-state index is 13.9. The number of rotatable bonds is 4. The lowest BCUT2D eigenvalue weighted by Gasteiger charge is -2.30. The molecule has 2 atom stereocenters. The minimum absolute atomic E-state index is 0.0599. The highest BCUT2D eigenvalue weighted by Gasteiger charge is 2.33. The van der Waals surface area contributed by atoms with Gasteiger partial charge in [-0.15, -0.1) is 13.2 Å². The van der Waals surface area contributed by atoms with Gasteiger partial charge < -0.3 is 15.6 Å². The molecule has 0 saturated heterocycles. The van der Waals surface area contributed by atoms with Gasteiger partial charge in [-0.25, -0.2) is 4.39 Å². The molecule has 0 unspecified atom stereocenters. The third-order valence-corrected chi connectivity index (χ3v) is 4.06. The molecule has 22 heavy (non-hydrogen) atoms. The largest absolute Gasteiger partial charge is 0.573 e. The second kappa shape index (κ2) is 6.83. The SMILES string of the molecule is N[C@H](c1cc(OC(F)(F)F)ccc1F)[C@@H](O)C1CCCCC1. The van der Waals surface area contributed by atoms with Crippen molar-refractivity contribution >= 4 is 0 Å². The number of aliphatic hydroxyl groups excluding tert-OH is 1. The normalized spacial score (nSPS) is 19.7. The number of nitrogens with two attached hydrogens (primary N) is 1. The van der Waals surface area contributed by atoms with E-state index < -0.39 is 30.1 Å². The smallest absolute Gasteiger partial charge is 0.406 e. The summed E-state index contributed by atoms with van der Waals surface area (Å²) in [6, 6.07) is 1.56. The summed E-state index contributed by atoms with van der Waals surface area (Å²) in [6.45, 7) is 0. The Labute approximate surface area is 126 Å². The van der Waals surface area contributed by atoms with Crippen molar-refractivity contribution in [2.75, 3.05) is 0 Å². The van der Waals surface area contributed by atoms with Crippen LogP contribution in [0.5, 0.6) is 5.75 Å². The van der Waals surface area contributed by atoms with Gasteiger partial charge in [0, 0.05) is 5.56 Å². The lowest BCUT2D eigenvalue weighted by Crippen LogP contribution is -2.34. The number of hydrogen-bond acceptors (Lipinski definition) is 3. The van der Waals surface area contributed by atoms with E-state index in [4.69, 9.17) is 5.73 Å². The van der Waals surface area contributed by atoms with Crippen molar-refractivity contribution in [1.82, 2.24) is 0 Å². The molecule has 0 radical (unpaired) electrons. The molecule has 1 saturated carbocycles. The van der Waals surface area contributed by atoms with Gasteiger partial charge in [0.05, 0.1) is 12.1 Å². The first-order valence-corrected chi connectivity index (χ1v) is 7.27. The highest BCUT2D eigenvalue weighted by Crippen LogP contribution is 2.34. The van der Waals surface area contributed by atoms with Crippen LogP contribution in [0, 0.1) is 11.7 Å². The van der Waals surface area contributed by atoms with Gasteiger partial charge in [-0.2, -0.15) is 0 Å². The Morgan fingerprint density at radius 2 is 1.82 bits per heavy atom. The molecule has 3 N–H and O–H groups in total. The molecule has 0 bridgehead atoms. The van der Waals surface area contributed by atoms with Crippen molar-refractivity contribution in [2.24, 2.45) is 11.7 Å². The minimum Gasteiger partial charge on any atom is -0.406 e. The molecule has 0 spiro atoms.